The van der Waals surface area contributed by atoms with Crippen molar-refractivity contribution in [1.82, 2.24) is 4.98 Å². The van der Waals surface area contributed by atoms with E-state index in [1.165, 1.54) is 0 Å². The number of hydrogen-bond acceptors (Lipinski definition) is 3. The average Bonchev–Trinajstić information content (AvgIpc) is 2.06. The highest BCUT2D eigenvalue weighted by molar-refractivity contribution is 6.29. The van der Waals surface area contributed by atoms with Gasteiger partial charge in [-0.05, 0) is 11.6 Å². The summed E-state index contributed by atoms with van der Waals surface area (Å²) in [5.41, 5.74) is 6.48. The predicted molar refractivity (Wildman–Crippen MR) is 46.4 cm³/mol. The lowest BCUT2D eigenvalue weighted by Gasteiger charge is -2.05. The second kappa shape index (κ2) is 4.05. The van der Waals surface area contributed by atoms with E-state index < -0.39 is 0 Å². The van der Waals surface area contributed by atoms with Crippen molar-refractivity contribution in [3.8, 4) is 6.07 Å². The fourth-order valence-electron chi connectivity index (χ4n) is 0.823. The fourth-order valence-corrected chi connectivity index (χ4v) is 0.935. The SMILES string of the molecule is N#CCC(N)c1ccc(Cl)nc1. The van der Waals surface area contributed by atoms with Crippen LogP contribution >= 0.6 is 11.6 Å². The summed E-state index contributed by atoms with van der Waals surface area (Å²) in [6.07, 6.45) is 1.88. The summed E-state index contributed by atoms with van der Waals surface area (Å²) in [5.74, 6) is 0. The quantitative estimate of drug-likeness (QED) is 0.706. The van der Waals surface area contributed by atoms with Crippen molar-refractivity contribution in [3.05, 3.63) is 29.0 Å². The Kier molecular flexibility index (Phi) is 3.03. The number of aromatic nitrogens is 1. The molecule has 0 saturated heterocycles. The van der Waals surface area contributed by atoms with Gasteiger partial charge in [0.25, 0.3) is 0 Å². The Morgan fingerprint density at radius 1 is 1.67 bits per heavy atom. The zero-order chi connectivity index (χ0) is 8.97. The third-order valence-corrected chi connectivity index (χ3v) is 1.71. The normalized spacial score (nSPS) is 12.1. The highest BCUT2D eigenvalue weighted by Gasteiger charge is 2.04. The second-order valence-electron chi connectivity index (χ2n) is 2.38. The van der Waals surface area contributed by atoms with Crippen LogP contribution in [0, 0.1) is 11.3 Å². The van der Waals surface area contributed by atoms with Gasteiger partial charge in [0.05, 0.1) is 12.5 Å². The van der Waals surface area contributed by atoms with Gasteiger partial charge in [-0.1, -0.05) is 17.7 Å². The predicted octanol–water partition coefficient (Wildman–Crippen LogP) is 1.65. The number of nitrogens with two attached hydrogens (primary N) is 1. The Morgan fingerprint density at radius 2 is 2.42 bits per heavy atom. The Morgan fingerprint density at radius 3 is 2.92 bits per heavy atom. The number of nitriles is 1. The van der Waals surface area contributed by atoms with Crippen LogP contribution in [0.15, 0.2) is 18.3 Å². The van der Waals surface area contributed by atoms with Gasteiger partial charge in [0.15, 0.2) is 0 Å². The molecule has 4 heteroatoms. The molecule has 1 aromatic heterocycles. The third-order valence-electron chi connectivity index (χ3n) is 1.49. The number of halogens is 1. The molecule has 1 atom stereocenters. The van der Waals surface area contributed by atoms with Crippen LogP contribution in [0.5, 0.6) is 0 Å². The average molecular weight is 182 g/mol. The van der Waals surface area contributed by atoms with Crippen LogP contribution in [0.25, 0.3) is 0 Å². The molecule has 0 aromatic carbocycles. The molecule has 3 nitrogen and oxygen atoms in total. The minimum Gasteiger partial charge on any atom is -0.323 e. The molecule has 0 bridgehead atoms. The molecule has 0 saturated carbocycles. The molecule has 62 valence electrons. The first-order chi connectivity index (χ1) is 5.74. The fraction of sp³-hybridized carbons (Fsp3) is 0.250. The summed E-state index contributed by atoms with van der Waals surface area (Å²) < 4.78 is 0. The molecular weight excluding hydrogens is 174 g/mol. The van der Waals surface area contributed by atoms with Crippen molar-refractivity contribution in [3.63, 3.8) is 0 Å². The molecule has 1 unspecified atom stereocenters. The van der Waals surface area contributed by atoms with Crippen molar-refractivity contribution in [2.45, 2.75) is 12.5 Å². The van der Waals surface area contributed by atoms with Crippen LogP contribution in [-0.2, 0) is 0 Å². The molecule has 0 spiro atoms. The molecule has 1 aromatic rings. The molecule has 1 rings (SSSR count). The highest BCUT2D eigenvalue weighted by Crippen LogP contribution is 2.13. The Bertz CT molecular complexity index is 288. The van der Waals surface area contributed by atoms with E-state index in [4.69, 9.17) is 22.6 Å². The van der Waals surface area contributed by atoms with Crippen LogP contribution in [0.4, 0.5) is 0 Å². The van der Waals surface area contributed by atoms with E-state index >= 15 is 0 Å². The molecule has 0 aliphatic rings. The van der Waals surface area contributed by atoms with Crippen LogP contribution in [0.3, 0.4) is 0 Å². The van der Waals surface area contributed by atoms with Gasteiger partial charge in [-0.25, -0.2) is 4.98 Å². The van der Waals surface area contributed by atoms with Crippen molar-refractivity contribution < 1.29 is 0 Å². The van der Waals surface area contributed by atoms with Gasteiger partial charge in [-0.2, -0.15) is 5.26 Å². The molecular formula is C8H8ClN3. The standard InChI is InChI=1S/C8H8ClN3/c9-8-2-1-6(5-12-8)7(11)3-4-10/h1-2,5,7H,3,11H2. The van der Waals surface area contributed by atoms with E-state index in [-0.39, 0.29) is 6.04 Å². The lowest BCUT2D eigenvalue weighted by molar-refractivity contribution is 0.744. The molecule has 12 heavy (non-hydrogen) atoms. The smallest absolute Gasteiger partial charge is 0.129 e. The summed E-state index contributed by atoms with van der Waals surface area (Å²) in [7, 11) is 0. The van der Waals surface area contributed by atoms with E-state index in [1.54, 1.807) is 18.3 Å². The third kappa shape index (κ3) is 2.19. The summed E-state index contributed by atoms with van der Waals surface area (Å²) in [5, 5.41) is 8.81. The Hall–Kier alpha value is -1.11. The minimum atomic E-state index is -0.264. The molecule has 1 heterocycles. The summed E-state index contributed by atoms with van der Waals surface area (Å²) in [6, 6.07) is 5.17. The molecule has 0 fully saturated rings. The first-order valence-electron chi connectivity index (χ1n) is 3.48. The van der Waals surface area contributed by atoms with Crippen LogP contribution in [0.1, 0.15) is 18.0 Å². The number of pyridine rings is 1. The first-order valence-corrected chi connectivity index (χ1v) is 3.86. The topological polar surface area (TPSA) is 62.7 Å². The molecule has 0 radical (unpaired) electrons. The van der Waals surface area contributed by atoms with Crippen molar-refractivity contribution >= 4 is 11.6 Å². The zero-order valence-electron chi connectivity index (χ0n) is 6.37. The highest BCUT2D eigenvalue weighted by atomic mass is 35.5. The lowest BCUT2D eigenvalue weighted by atomic mass is 10.1. The van der Waals surface area contributed by atoms with Crippen molar-refractivity contribution in [1.29, 1.82) is 5.26 Å². The summed E-state index contributed by atoms with van der Waals surface area (Å²) in [6.45, 7) is 0. The van der Waals surface area contributed by atoms with E-state index in [2.05, 4.69) is 4.98 Å². The molecule has 0 aliphatic carbocycles. The van der Waals surface area contributed by atoms with Crippen LogP contribution < -0.4 is 5.73 Å². The maximum absolute atomic E-state index is 8.38. The monoisotopic (exact) mass is 181 g/mol. The van der Waals surface area contributed by atoms with Gasteiger partial charge in [0.1, 0.15) is 5.15 Å². The van der Waals surface area contributed by atoms with Crippen molar-refractivity contribution in [2.75, 3.05) is 0 Å². The first kappa shape index (κ1) is 8.98. The molecule has 0 amide bonds. The minimum absolute atomic E-state index is 0.264. The lowest BCUT2D eigenvalue weighted by Crippen LogP contribution is -2.09. The molecule has 2 N–H and O–H groups in total. The Labute approximate surface area is 75.8 Å². The van der Waals surface area contributed by atoms with E-state index in [9.17, 15) is 0 Å². The number of hydrogen-bond donors (Lipinski definition) is 1. The van der Waals surface area contributed by atoms with Gasteiger partial charge >= 0.3 is 0 Å². The number of nitrogens with zero attached hydrogens (tertiary/aromatic N) is 2. The largest absolute Gasteiger partial charge is 0.323 e. The van der Waals surface area contributed by atoms with Gasteiger partial charge in [0, 0.05) is 12.2 Å². The van der Waals surface area contributed by atoms with Gasteiger partial charge < -0.3 is 5.73 Å². The van der Waals surface area contributed by atoms with Crippen molar-refractivity contribution in [2.24, 2.45) is 5.73 Å². The maximum atomic E-state index is 8.38. The molecule has 0 aliphatic heterocycles. The maximum Gasteiger partial charge on any atom is 0.129 e. The van der Waals surface area contributed by atoms with Gasteiger partial charge in [-0.3, -0.25) is 0 Å². The zero-order valence-corrected chi connectivity index (χ0v) is 7.12. The van der Waals surface area contributed by atoms with E-state index in [1.807, 2.05) is 6.07 Å². The summed E-state index contributed by atoms with van der Waals surface area (Å²) in [4.78, 5) is 3.86. The van der Waals surface area contributed by atoms with Crippen LogP contribution in [-0.4, -0.2) is 4.98 Å². The second-order valence-corrected chi connectivity index (χ2v) is 2.77. The van der Waals surface area contributed by atoms with E-state index in [0.29, 0.717) is 11.6 Å². The van der Waals surface area contributed by atoms with E-state index in [0.717, 1.165) is 5.56 Å². The number of rotatable bonds is 2. The van der Waals surface area contributed by atoms with Crippen LogP contribution in [0.2, 0.25) is 5.15 Å². The summed E-state index contributed by atoms with van der Waals surface area (Å²) >= 11 is 5.58. The van der Waals surface area contributed by atoms with Gasteiger partial charge in [-0.15, -0.1) is 0 Å². The van der Waals surface area contributed by atoms with Gasteiger partial charge in [0.2, 0.25) is 0 Å². The Balaban J connectivity index is 2.76.